The van der Waals surface area contributed by atoms with Crippen LogP contribution < -0.4 is 16.0 Å². The van der Waals surface area contributed by atoms with Crippen molar-refractivity contribution in [3.8, 4) is 0 Å². The van der Waals surface area contributed by atoms with Crippen LogP contribution in [0.4, 0.5) is 5.69 Å². The summed E-state index contributed by atoms with van der Waals surface area (Å²) in [6.07, 6.45) is 0.712. The molecule has 2 rings (SSSR count). The van der Waals surface area contributed by atoms with Crippen LogP contribution in [0.5, 0.6) is 0 Å². The van der Waals surface area contributed by atoms with Gasteiger partial charge in [0.05, 0.1) is 23.7 Å². The maximum atomic E-state index is 12.7. The predicted molar refractivity (Wildman–Crippen MR) is 149 cm³/mol. The normalized spacial score (nSPS) is 12.5. The van der Waals surface area contributed by atoms with Gasteiger partial charge in [-0.1, -0.05) is 13.8 Å². The summed E-state index contributed by atoms with van der Waals surface area (Å²) in [5, 5.41) is 2.75. The van der Waals surface area contributed by atoms with E-state index in [-0.39, 0.29) is 43.8 Å². The molecule has 1 heterocycles. The van der Waals surface area contributed by atoms with Crippen LogP contribution in [0.2, 0.25) is 0 Å². The summed E-state index contributed by atoms with van der Waals surface area (Å²) in [6.45, 7) is 7.32. The number of benzene rings is 1. The number of nitrogens with one attached hydrogen (secondary N) is 1. The van der Waals surface area contributed by atoms with Crippen LogP contribution in [0.25, 0.3) is 11.0 Å². The number of halogens is 4. The average molecular weight is 573 g/mol. The Balaban J connectivity index is 0.00000578. The van der Waals surface area contributed by atoms with E-state index >= 15 is 0 Å². The third-order valence-electron chi connectivity index (χ3n) is 5.37. The molecule has 3 N–H and O–H groups in total. The van der Waals surface area contributed by atoms with E-state index in [1.807, 2.05) is 43.7 Å². The number of imidazole rings is 1. The van der Waals surface area contributed by atoms with Gasteiger partial charge in [-0.05, 0) is 37.5 Å². The molecule has 2 aromatic rings. The Morgan fingerprint density at radius 3 is 2.37 bits per heavy atom. The van der Waals surface area contributed by atoms with Crippen molar-refractivity contribution in [1.29, 1.82) is 0 Å². The molecule has 0 aliphatic rings. The number of amides is 1. The number of carbonyl (C=O) groups excluding carboxylic acids is 2. The Morgan fingerprint density at radius 2 is 1.83 bits per heavy atom. The second-order valence-electron chi connectivity index (χ2n) is 8.38. The number of aryl methyl sites for hydroxylation is 1. The van der Waals surface area contributed by atoms with Gasteiger partial charge in [0, 0.05) is 44.0 Å². The van der Waals surface area contributed by atoms with Gasteiger partial charge >= 0.3 is 5.97 Å². The second kappa shape index (κ2) is 16.3. The first-order valence-corrected chi connectivity index (χ1v) is 12.3. The van der Waals surface area contributed by atoms with Gasteiger partial charge in [0.25, 0.3) is 0 Å². The van der Waals surface area contributed by atoms with Crippen LogP contribution in [-0.4, -0.2) is 65.0 Å². The fourth-order valence-corrected chi connectivity index (χ4v) is 4.10. The summed E-state index contributed by atoms with van der Waals surface area (Å²) in [5.74, 6) is 1.04. The van der Waals surface area contributed by atoms with Crippen LogP contribution in [0.3, 0.4) is 0 Å². The lowest BCUT2D eigenvalue weighted by Gasteiger charge is -2.22. The highest BCUT2D eigenvalue weighted by atomic mass is 35.5. The first kappa shape index (κ1) is 33.5. The molecule has 12 heteroatoms. The van der Waals surface area contributed by atoms with Crippen molar-refractivity contribution in [2.45, 2.75) is 45.7 Å². The van der Waals surface area contributed by atoms with Crippen molar-refractivity contribution in [2.24, 2.45) is 18.7 Å². The lowest BCUT2D eigenvalue weighted by atomic mass is 10.0. The molecule has 0 saturated heterocycles. The van der Waals surface area contributed by atoms with Crippen molar-refractivity contribution in [2.75, 3.05) is 36.4 Å². The van der Waals surface area contributed by atoms with Gasteiger partial charge in [-0.25, -0.2) is 9.78 Å². The molecule has 0 unspecified atom stereocenters. The minimum absolute atomic E-state index is 0. The highest BCUT2D eigenvalue weighted by Gasteiger charge is 2.26. The highest BCUT2D eigenvalue weighted by molar-refractivity contribution is 6.18. The molecular weight excluding hydrogens is 536 g/mol. The molecule has 8 nitrogen and oxygen atoms in total. The van der Waals surface area contributed by atoms with Gasteiger partial charge in [0.1, 0.15) is 11.9 Å². The zero-order valence-corrected chi connectivity index (χ0v) is 23.8. The van der Waals surface area contributed by atoms with Gasteiger partial charge in [-0.3, -0.25) is 4.79 Å². The molecule has 2 atom stereocenters. The number of rotatable bonds is 13. The number of hydrogen-bond donors (Lipinski definition) is 2. The van der Waals surface area contributed by atoms with E-state index in [0.717, 1.165) is 16.7 Å². The smallest absolute Gasteiger partial charge is 0.328 e. The number of nitrogens with zero attached hydrogens (tertiary/aromatic N) is 3. The Labute approximate surface area is 230 Å². The lowest BCUT2D eigenvalue weighted by Crippen LogP contribution is -2.50. The molecule has 0 aliphatic carbocycles. The van der Waals surface area contributed by atoms with Crippen LogP contribution in [0.15, 0.2) is 18.2 Å². The van der Waals surface area contributed by atoms with Crippen molar-refractivity contribution in [3.63, 3.8) is 0 Å². The molecular formula is C23H37Cl4N5O3. The van der Waals surface area contributed by atoms with Crippen molar-refractivity contribution in [3.05, 3.63) is 24.0 Å². The highest BCUT2D eigenvalue weighted by Crippen LogP contribution is 2.23. The number of hydrogen-bond acceptors (Lipinski definition) is 6. The summed E-state index contributed by atoms with van der Waals surface area (Å²) in [5.41, 5.74) is 8.92. The van der Waals surface area contributed by atoms with E-state index in [2.05, 4.69) is 10.2 Å². The topological polar surface area (TPSA) is 102 Å². The Kier molecular flexibility index (Phi) is 15.6. The number of esters is 1. The number of alkyl halides is 2. The zero-order valence-electron chi connectivity index (χ0n) is 20.6. The van der Waals surface area contributed by atoms with E-state index < -0.39 is 24.0 Å². The predicted octanol–water partition coefficient (Wildman–Crippen LogP) is 3.66. The van der Waals surface area contributed by atoms with Gasteiger partial charge in [0.2, 0.25) is 5.91 Å². The number of fused-ring (bicyclic) bond motifs is 1. The van der Waals surface area contributed by atoms with Crippen molar-refractivity contribution in [1.82, 2.24) is 14.9 Å². The number of carbonyl (C=O) groups is 2. The fraction of sp³-hybridized carbons (Fsp3) is 0.609. The third kappa shape index (κ3) is 9.50. The van der Waals surface area contributed by atoms with Gasteiger partial charge in [-0.2, -0.15) is 0 Å². The molecule has 1 aromatic carbocycles. The minimum Gasteiger partial charge on any atom is -0.464 e. The van der Waals surface area contributed by atoms with Crippen molar-refractivity contribution >= 4 is 76.6 Å². The number of nitrogens with two attached hydrogens (primary N) is 1. The summed E-state index contributed by atoms with van der Waals surface area (Å²) in [6, 6.07) is 4.41. The number of anilines is 1. The first-order valence-electron chi connectivity index (χ1n) is 11.3. The molecule has 200 valence electrons. The van der Waals surface area contributed by atoms with Crippen LogP contribution in [-0.2, 0) is 27.8 Å². The minimum atomic E-state index is -0.854. The molecule has 0 bridgehead atoms. The van der Waals surface area contributed by atoms with E-state index in [1.54, 1.807) is 6.92 Å². The number of ether oxygens (including phenoxy) is 1. The van der Waals surface area contributed by atoms with Gasteiger partial charge in [0.15, 0.2) is 0 Å². The second-order valence-corrected chi connectivity index (χ2v) is 9.13. The van der Waals surface area contributed by atoms with E-state index in [1.165, 1.54) is 0 Å². The standard InChI is InChI=1S/C23H35Cl2N5O3.2ClH/c1-5-33-23(32)19(12-15(2)3)28-22(31)17(26)14-21-27-18-13-16(6-7-20(18)29(21)4)30(10-8-24)11-9-25;;/h6-7,13,15,17,19H,5,8-12,14,26H2,1-4H3,(H,28,31);2*1H/t17-,19-;;/m0../s1. The lowest BCUT2D eigenvalue weighted by molar-refractivity contribution is -0.148. The number of aromatic nitrogens is 2. The zero-order chi connectivity index (χ0) is 24.5. The summed E-state index contributed by atoms with van der Waals surface area (Å²) < 4.78 is 7.02. The molecule has 0 spiro atoms. The Morgan fingerprint density at radius 1 is 1.20 bits per heavy atom. The van der Waals surface area contributed by atoms with Crippen LogP contribution >= 0.6 is 48.0 Å². The van der Waals surface area contributed by atoms with E-state index in [0.29, 0.717) is 37.1 Å². The molecule has 0 fully saturated rings. The van der Waals surface area contributed by atoms with E-state index in [4.69, 9.17) is 38.7 Å². The maximum absolute atomic E-state index is 12.7. The largest absolute Gasteiger partial charge is 0.464 e. The molecule has 0 radical (unpaired) electrons. The average Bonchev–Trinajstić information content (AvgIpc) is 3.07. The summed E-state index contributed by atoms with van der Waals surface area (Å²) in [4.78, 5) is 31.8. The molecule has 0 aliphatic heterocycles. The molecule has 1 aromatic heterocycles. The van der Waals surface area contributed by atoms with Crippen molar-refractivity contribution < 1.29 is 14.3 Å². The molecule has 1 amide bonds. The quantitative estimate of drug-likeness (QED) is 0.280. The third-order valence-corrected chi connectivity index (χ3v) is 5.70. The SMILES string of the molecule is CCOC(=O)[C@H](CC(C)C)NC(=O)[C@@H](N)Cc1nc2cc(N(CCCl)CCCl)ccc2n1C.Cl.Cl. The fourth-order valence-electron chi connectivity index (χ4n) is 3.69. The van der Waals surface area contributed by atoms with Gasteiger partial charge < -0.3 is 25.3 Å². The Hall–Kier alpha value is -1.45. The monoisotopic (exact) mass is 571 g/mol. The Bertz CT molecular complexity index is 935. The van der Waals surface area contributed by atoms with Gasteiger partial charge in [-0.15, -0.1) is 48.0 Å². The van der Waals surface area contributed by atoms with Crippen LogP contribution in [0.1, 0.15) is 33.0 Å². The summed E-state index contributed by atoms with van der Waals surface area (Å²) in [7, 11) is 1.89. The maximum Gasteiger partial charge on any atom is 0.328 e. The first-order chi connectivity index (χ1) is 15.7. The van der Waals surface area contributed by atoms with Crippen LogP contribution in [0, 0.1) is 5.92 Å². The molecule has 0 saturated carbocycles. The van der Waals surface area contributed by atoms with E-state index in [9.17, 15) is 9.59 Å². The molecule has 35 heavy (non-hydrogen) atoms. The summed E-state index contributed by atoms with van der Waals surface area (Å²) >= 11 is 11.9.